The van der Waals surface area contributed by atoms with E-state index in [1.165, 1.54) is 0 Å². The van der Waals surface area contributed by atoms with Gasteiger partial charge in [-0.2, -0.15) is 0 Å². The number of carbonyl (C=O) groups excluding carboxylic acids is 1. The van der Waals surface area contributed by atoms with Crippen LogP contribution < -0.4 is 5.73 Å². The molecular weight excluding hydrogens is 298 g/mol. The highest BCUT2D eigenvalue weighted by Crippen LogP contribution is 2.27. The fraction of sp³-hybridized carbons (Fsp3) is 0.750. The summed E-state index contributed by atoms with van der Waals surface area (Å²) in [5.41, 5.74) is 6.98. The van der Waals surface area contributed by atoms with E-state index in [-0.39, 0.29) is 18.1 Å². The molecule has 1 aliphatic carbocycles. The minimum atomic E-state index is 0.0150. The van der Waals surface area contributed by atoms with E-state index in [2.05, 4.69) is 4.98 Å². The van der Waals surface area contributed by atoms with Crippen LogP contribution in [0, 0.1) is 5.92 Å². The maximum Gasteiger partial charge on any atom is 0.223 e. The molecule has 6 heteroatoms. The van der Waals surface area contributed by atoms with Gasteiger partial charge < -0.3 is 15.4 Å². The number of thiazole rings is 1. The monoisotopic (exact) mass is 325 g/mol. The minimum Gasteiger partial charge on any atom is -0.372 e. The first-order valence-corrected chi connectivity index (χ1v) is 8.94. The molecule has 1 saturated carbocycles. The maximum absolute atomic E-state index is 12.3. The van der Waals surface area contributed by atoms with E-state index < -0.39 is 0 Å². The van der Waals surface area contributed by atoms with E-state index in [1.807, 2.05) is 26.3 Å². The van der Waals surface area contributed by atoms with Crippen LogP contribution >= 0.6 is 11.3 Å². The normalized spacial score (nSPS) is 22.7. The summed E-state index contributed by atoms with van der Waals surface area (Å²) in [5.74, 6) is 0.508. The third kappa shape index (κ3) is 4.51. The fourth-order valence-electron chi connectivity index (χ4n) is 2.93. The molecule has 0 aliphatic heterocycles. The van der Waals surface area contributed by atoms with Gasteiger partial charge in [0.25, 0.3) is 0 Å². The molecule has 2 rings (SSSR count). The summed E-state index contributed by atoms with van der Waals surface area (Å²) in [6.07, 6.45) is 3.85. The second-order valence-corrected chi connectivity index (χ2v) is 6.97. The van der Waals surface area contributed by atoms with E-state index in [0.29, 0.717) is 25.5 Å². The summed E-state index contributed by atoms with van der Waals surface area (Å²) in [5, 5.41) is 2.98. The van der Waals surface area contributed by atoms with Crippen LogP contribution in [0.15, 0.2) is 5.38 Å². The molecule has 1 unspecified atom stereocenters. The first-order valence-electron chi connectivity index (χ1n) is 8.06. The lowest BCUT2D eigenvalue weighted by atomic mass is 9.99. The molecule has 1 heterocycles. The summed E-state index contributed by atoms with van der Waals surface area (Å²) < 4.78 is 5.55. The Balaban J connectivity index is 1.85. The predicted octanol–water partition coefficient (Wildman–Crippen LogP) is 2.72. The number of hydrogen-bond acceptors (Lipinski definition) is 5. The van der Waals surface area contributed by atoms with E-state index in [9.17, 15) is 4.79 Å². The lowest BCUT2D eigenvalue weighted by Gasteiger charge is -2.20. The Hall–Kier alpha value is -0.980. The van der Waals surface area contributed by atoms with Gasteiger partial charge in [-0.25, -0.2) is 4.98 Å². The van der Waals surface area contributed by atoms with E-state index in [1.54, 1.807) is 16.2 Å². The quantitative estimate of drug-likeness (QED) is 0.837. The Morgan fingerprint density at radius 2 is 2.36 bits per heavy atom. The molecule has 22 heavy (non-hydrogen) atoms. The van der Waals surface area contributed by atoms with Gasteiger partial charge in [0, 0.05) is 31.5 Å². The Morgan fingerprint density at radius 3 is 3.00 bits per heavy atom. The Morgan fingerprint density at radius 1 is 1.59 bits per heavy atom. The molecule has 5 nitrogen and oxygen atoms in total. The van der Waals surface area contributed by atoms with Crippen LogP contribution in [0.2, 0.25) is 0 Å². The molecule has 1 aliphatic rings. The zero-order chi connectivity index (χ0) is 16.1. The third-order valence-electron chi connectivity index (χ3n) is 4.31. The molecule has 0 radical (unpaired) electrons. The standard InChI is InChI=1S/C16H27N3O2S/c1-4-21-11(2)16-18-13(10-22-16)9-19(3)15(20)8-12-6-5-7-14(12)17/h10-12,14H,4-9,17H2,1-3H3/t11?,12-,14+/m0/s1. The number of hydrogen-bond donors (Lipinski definition) is 1. The van der Waals surface area contributed by atoms with Gasteiger partial charge in [-0.05, 0) is 32.6 Å². The summed E-state index contributed by atoms with van der Waals surface area (Å²) in [7, 11) is 1.84. The zero-order valence-electron chi connectivity index (χ0n) is 13.7. The van der Waals surface area contributed by atoms with Gasteiger partial charge in [-0.3, -0.25) is 4.79 Å². The number of amides is 1. The highest BCUT2D eigenvalue weighted by Gasteiger charge is 2.27. The molecule has 2 N–H and O–H groups in total. The first-order chi connectivity index (χ1) is 10.5. The predicted molar refractivity (Wildman–Crippen MR) is 88.6 cm³/mol. The second kappa shape index (κ2) is 8.04. The van der Waals surface area contributed by atoms with Crippen molar-refractivity contribution in [2.75, 3.05) is 13.7 Å². The van der Waals surface area contributed by atoms with Gasteiger partial charge in [0.2, 0.25) is 5.91 Å². The topological polar surface area (TPSA) is 68.5 Å². The highest BCUT2D eigenvalue weighted by molar-refractivity contribution is 7.09. The average Bonchev–Trinajstić information content (AvgIpc) is 3.09. The van der Waals surface area contributed by atoms with Crippen molar-refractivity contribution in [2.24, 2.45) is 11.7 Å². The van der Waals surface area contributed by atoms with E-state index in [4.69, 9.17) is 10.5 Å². The van der Waals surface area contributed by atoms with Crippen LogP contribution in [0.1, 0.15) is 56.3 Å². The highest BCUT2D eigenvalue weighted by atomic mass is 32.1. The van der Waals surface area contributed by atoms with E-state index in [0.717, 1.165) is 30.0 Å². The lowest BCUT2D eigenvalue weighted by molar-refractivity contribution is -0.131. The van der Waals surface area contributed by atoms with Crippen molar-refractivity contribution in [2.45, 2.75) is 58.2 Å². The smallest absolute Gasteiger partial charge is 0.223 e. The van der Waals surface area contributed by atoms with Crippen molar-refractivity contribution in [3.63, 3.8) is 0 Å². The molecule has 0 aromatic carbocycles. The number of aromatic nitrogens is 1. The van der Waals surface area contributed by atoms with E-state index >= 15 is 0 Å². The van der Waals surface area contributed by atoms with Crippen LogP contribution in [-0.4, -0.2) is 35.5 Å². The molecule has 124 valence electrons. The maximum atomic E-state index is 12.3. The van der Waals surface area contributed by atoms with Crippen molar-refractivity contribution in [3.05, 3.63) is 16.1 Å². The minimum absolute atomic E-state index is 0.0150. The number of carbonyl (C=O) groups is 1. The van der Waals surface area contributed by atoms with Gasteiger partial charge >= 0.3 is 0 Å². The molecular formula is C16H27N3O2S. The molecule has 1 aromatic rings. The van der Waals surface area contributed by atoms with Crippen LogP contribution in [0.3, 0.4) is 0 Å². The molecule has 0 bridgehead atoms. The van der Waals surface area contributed by atoms with Crippen LogP contribution in [-0.2, 0) is 16.1 Å². The Kier molecular flexibility index (Phi) is 6.35. The number of rotatable bonds is 7. The average molecular weight is 325 g/mol. The fourth-order valence-corrected chi connectivity index (χ4v) is 3.75. The molecule has 0 saturated heterocycles. The van der Waals surface area contributed by atoms with Crippen LogP contribution in [0.25, 0.3) is 0 Å². The summed E-state index contributed by atoms with van der Waals surface area (Å²) in [6, 6.07) is 0.190. The van der Waals surface area contributed by atoms with Gasteiger partial charge in [-0.15, -0.1) is 11.3 Å². The van der Waals surface area contributed by atoms with Crippen molar-refractivity contribution in [1.82, 2.24) is 9.88 Å². The molecule has 1 amide bonds. The number of ether oxygens (including phenoxy) is 1. The Bertz CT molecular complexity index is 491. The summed E-state index contributed by atoms with van der Waals surface area (Å²) >= 11 is 1.59. The number of nitrogens with zero attached hydrogens (tertiary/aromatic N) is 2. The SMILES string of the molecule is CCOC(C)c1nc(CN(C)C(=O)C[C@@H]2CCC[C@H]2N)cs1. The molecule has 3 atom stereocenters. The molecule has 1 fully saturated rings. The van der Waals surface area contributed by atoms with Gasteiger partial charge in [0.05, 0.1) is 12.2 Å². The van der Waals surface area contributed by atoms with Crippen LogP contribution in [0.5, 0.6) is 0 Å². The van der Waals surface area contributed by atoms with Crippen molar-refractivity contribution >= 4 is 17.2 Å². The van der Waals surface area contributed by atoms with Gasteiger partial charge in [-0.1, -0.05) is 6.42 Å². The Labute approximate surface area is 136 Å². The van der Waals surface area contributed by atoms with Gasteiger partial charge in [0.1, 0.15) is 11.1 Å². The van der Waals surface area contributed by atoms with Crippen molar-refractivity contribution in [3.8, 4) is 0 Å². The summed E-state index contributed by atoms with van der Waals surface area (Å²) in [6.45, 7) is 5.21. The second-order valence-electron chi connectivity index (χ2n) is 6.08. The largest absolute Gasteiger partial charge is 0.372 e. The molecule has 0 spiro atoms. The first kappa shape index (κ1) is 17.4. The molecule has 1 aromatic heterocycles. The van der Waals surface area contributed by atoms with Crippen LogP contribution in [0.4, 0.5) is 0 Å². The van der Waals surface area contributed by atoms with Gasteiger partial charge in [0.15, 0.2) is 0 Å². The van der Waals surface area contributed by atoms with Crippen molar-refractivity contribution in [1.29, 1.82) is 0 Å². The van der Waals surface area contributed by atoms with Crippen molar-refractivity contribution < 1.29 is 9.53 Å². The third-order valence-corrected chi connectivity index (χ3v) is 5.37. The summed E-state index contributed by atoms with van der Waals surface area (Å²) in [4.78, 5) is 18.6. The zero-order valence-corrected chi connectivity index (χ0v) is 14.6. The number of nitrogens with two attached hydrogens (primary N) is 1. The lowest BCUT2D eigenvalue weighted by Crippen LogP contribution is -2.32.